The molecule has 1 aromatic carbocycles. The first-order valence-corrected chi connectivity index (χ1v) is 8.23. The van der Waals surface area contributed by atoms with Gasteiger partial charge >= 0.3 is 0 Å². The third kappa shape index (κ3) is 3.63. The Bertz CT molecular complexity index is 617. The van der Waals surface area contributed by atoms with Crippen molar-refractivity contribution in [1.82, 2.24) is 4.72 Å². The molecular formula is C13H16N2O2S2. The van der Waals surface area contributed by atoms with Gasteiger partial charge in [0.25, 0.3) is 0 Å². The molecule has 0 fully saturated rings. The van der Waals surface area contributed by atoms with Crippen LogP contribution in [-0.4, -0.2) is 8.42 Å². The summed E-state index contributed by atoms with van der Waals surface area (Å²) >= 11 is 1.52. The first kappa shape index (κ1) is 14.2. The van der Waals surface area contributed by atoms with Crippen LogP contribution in [0, 0.1) is 0 Å². The van der Waals surface area contributed by atoms with E-state index in [0.29, 0.717) is 6.54 Å². The van der Waals surface area contributed by atoms with Crippen LogP contribution in [0.5, 0.6) is 0 Å². The van der Waals surface area contributed by atoms with E-state index in [1.54, 1.807) is 24.3 Å². The molecule has 102 valence electrons. The summed E-state index contributed by atoms with van der Waals surface area (Å²) in [4.78, 5) is 1.24. The van der Waals surface area contributed by atoms with Gasteiger partial charge in [0.1, 0.15) is 0 Å². The largest absolute Gasteiger partial charge is 0.324 e. The molecule has 0 amide bonds. The van der Waals surface area contributed by atoms with Crippen LogP contribution in [0.1, 0.15) is 23.4 Å². The Hall–Kier alpha value is -1.21. The van der Waals surface area contributed by atoms with Gasteiger partial charge in [-0.3, -0.25) is 0 Å². The molecule has 0 saturated heterocycles. The number of rotatable bonds is 5. The highest BCUT2D eigenvalue weighted by atomic mass is 32.2. The Morgan fingerprint density at radius 3 is 2.47 bits per heavy atom. The van der Waals surface area contributed by atoms with Gasteiger partial charge in [-0.1, -0.05) is 18.2 Å². The Labute approximate surface area is 117 Å². The van der Waals surface area contributed by atoms with Gasteiger partial charge < -0.3 is 5.73 Å². The van der Waals surface area contributed by atoms with Crippen LogP contribution in [0.4, 0.5) is 0 Å². The Balaban J connectivity index is 2.10. The fourth-order valence-corrected chi connectivity index (χ4v) is 3.36. The Kier molecular flexibility index (Phi) is 4.36. The molecular weight excluding hydrogens is 280 g/mol. The highest BCUT2D eigenvalue weighted by Gasteiger charge is 2.14. The van der Waals surface area contributed by atoms with Crippen molar-refractivity contribution >= 4 is 21.4 Å². The number of nitrogens with one attached hydrogen (secondary N) is 1. The zero-order valence-corrected chi connectivity index (χ0v) is 12.2. The molecule has 19 heavy (non-hydrogen) atoms. The first-order valence-electron chi connectivity index (χ1n) is 5.86. The van der Waals surface area contributed by atoms with Gasteiger partial charge in [0.05, 0.1) is 4.90 Å². The van der Waals surface area contributed by atoms with E-state index in [1.165, 1.54) is 11.3 Å². The molecule has 0 bridgehead atoms. The van der Waals surface area contributed by atoms with Gasteiger partial charge in [-0.2, -0.15) is 0 Å². The molecule has 0 aliphatic carbocycles. The molecule has 0 saturated carbocycles. The maximum Gasteiger partial charge on any atom is 0.240 e. The van der Waals surface area contributed by atoms with Crippen molar-refractivity contribution in [1.29, 1.82) is 0 Å². The van der Waals surface area contributed by atoms with E-state index in [4.69, 9.17) is 5.73 Å². The van der Waals surface area contributed by atoms with E-state index < -0.39 is 10.0 Å². The predicted octanol–water partition coefficient (Wildman–Crippen LogP) is 2.25. The minimum atomic E-state index is -3.46. The molecule has 1 aromatic heterocycles. The molecule has 1 atom stereocenters. The van der Waals surface area contributed by atoms with E-state index in [9.17, 15) is 8.42 Å². The van der Waals surface area contributed by atoms with Crippen molar-refractivity contribution < 1.29 is 8.42 Å². The lowest BCUT2D eigenvalue weighted by Crippen LogP contribution is -2.22. The van der Waals surface area contributed by atoms with Gasteiger partial charge in [0, 0.05) is 17.5 Å². The van der Waals surface area contributed by atoms with Crippen LogP contribution in [0.15, 0.2) is 46.7 Å². The number of thiophene rings is 1. The molecule has 2 rings (SSSR count). The number of benzene rings is 1. The molecule has 6 heteroatoms. The molecule has 0 aliphatic rings. The Morgan fingerprint density at radius 2 is 1.95 bits per heavy atom. The van der Waals surface area contributed by atoms with Crippen LogP contribution >= 0.6 is 11.3 Å². The van der Waals surface area contributed by atoms with Crippen molar-refractivity contribution in [2.75, 3.05) is 0 Å². The van der Waals surface area contributed by atoms with Crippen LogP contribution < -0.4 is 10.5 Å². The lowest BCUT2D eigenvalue weighted by molar-refractivity contribution is 0.581. The van der Waals surface area contributed by atoms with Crippen LogP contribution in [-0.2, 0) is 16.6 Å². The SMILES string of the molecule is CC(N)c1ccc(S(=O)(=O)NCc2cccs2)cc1. The zero-order chi connectivity index (χ0) is 13.9. The summed E-state index contributed by atoms with van der Waals surface area (Å²) in [5.41, 5.74) is 6.65. The lowest BCUT2D eigenvalue weighted by Gasteiger charge is -2.08. The molecule has 1 unspecified atom stereocenters. The second-order valence-electron chi connectivity index (χ2n) is 4.26. The lowest BCUT2D eigenvalue weighted by atomic mass is 10.1. The second-order valence-corrected chi connectivity index (χ2v) is 7.06. The third-order valence-electron chi connectivity index (χ3n) is 2.73. The zero-order valence-electron chi connectivity index (χ0n) is 10.5. The van der Waals surface area contributed by atoms with Gasteiger partial charge in [-0.25, -0.2) is 13.1 Å². The third-order valence-corrected chi connectivity index (χ3v) is 5.03. The fraction of sp³-hybridized carbons (Fsp3) is 0.231. The molecule has 0 aliphatic heterocycles. The normalized spacial score (nSPS) is 13.4. The average Bonchev–Trinajstić information content (AvgIpc) is 2.90. The monoisotopic (exact) mass is 296 g/mol. The molecule has 4 nitrogen and oxygen atoms in total. The number of hydrogen-bond donors (Lipinski definition) is 2. The predicted molar refractivity (Wildman–Crippen MR) is 77.4 cm³/mol. The molecule has 2 aromatic rings. The van der Waals surface area contributed by atoms with Crippen LogP contribution in [0.3, 0.4) is 0 Å². The van der Waals surface area contributed by atoms with E-state index in [0.717, 1.165) is 10.4 Å². The van der Waals surface area contributed by atoms with Gasteiger partial charge in [-0.05, 0) is 36.1 Å². The van der Waals surface area contributed by atoms with E-state index in [-0.39, 0.29) is 10.9 Å². The summed E-state index contributed by atoms with van der Waals surface area (Å²) in [6, 6.07) is 10.3. The first-order chi connectivity index (χ1) is 8.99. The average molecular weight is 296 g/mol. The van der Waals surface area contributed by atoms with Gasteiger partial charge in [0.2, 0.25) is 10.0 Å². The number of nitrogens with two attached hydrogens (primary N) is 1. The summed E-state index contributed by atoms with van der Waals surface area (Å²) in [7, 11) is -3.46. The van der Waals surface area contributed by atoms with Crippen molar-refractivity contribution in [3.05, 3.63) is 52.2 Å². The van der Waals surface area contributed by atoms with Crippen LogP contribution in [0.25, 0.3) is 0 Å². The topological polar surface area (TPSA) is 72.2 Å². The summed E-state index contributed by atoms with van der Waals surface area (Å²) in [5.74, 6) is 0. The standard InChI is InChI=1S/C13H16N2O2S2/c1-10(14)11-4-6-13(7-5-11)19(16,17)15-9-12-3-2-8-18-12/h2-8,10,15H,9,14H2,1H3. The molecule has 3 N–H and O–H groups in total. The smallest absolute Gasteiger partial charge is 0.240 e. The molecule has 0 spiro atoms. The van der Waals surface area contributed by atoms with Crippen molar-refractivity contribution in [3.8, 4) is 0 Å². The van der Waals surface area contributed by atoms with Crippen LogP contribution in [0.2, 0.25) is 0 Å². The second kappa shape index (κ2) is 5.83. The minimum absolute atomic E-state index is 0.101. The molecule has 1 heterocycles. The number of sulfonamides is 1. The quantitative estimate of drug-likeness (QED) is 0.889. The summed E-state index contributed by atoms with van der Waals surface area (Å²) in [5, 5.41) is 1.92. The van der Waals surface area contributed by atoms with Gasteiger partial charge in [-0.15, -0.1) is 11.3 Å². The Morgan fingerprint density at radius 1 is 1.26 bits per heavy atom. The highest BCUT2D eigenvalue weighted by molar-refractivity contribution is 7.89. The summed E-state index contributed by atoms with van der Waals surface area (Å²) < 4.78 is 26.7. The van der Waals surface area contributed by atoms with E-state index in [2.05, 4.69) is 4.72 Å². The highest BCUT2D eigenvalue weighted by Crippen LogP contribution is 2.15. The van der Waals surface area contributed by atoms with Crippen molar-refractivity contribution in [2.45, 2.75) is 24.4 Å². The maximum absolute atomic E-state index is 12.1. The minimum Gasteiger partial charge on any atom is -0.324 e. The van der Waals surface area contributed by atoms with E-state index in [1.807, 2.05) is 24.4 Å². The molecule has 0 radical (unpaired) electrons. The summed E-state index contributed by atoms with van der Waals surface area (Å²) in [6.07, 6.45) is 0. The van der Waals surface area contributed by atoms with Gasteiger partial charge in [0.15, 0.2) is 0 Å². The van der Waals surface area contributed by atoms with Crippen molar-refractivity contribution in [3.63, 3.8) is 0 Å². The summed E-state index contributed by atoms with van der Waals surface area (Å²) in [6.45, 7) is 2.17. The number of hydrogen-bond acceptors (Lipinski definition) is 4. The maximum atomic E-state index is 12.1. The fourth-order valence-electron chi connectivity index (χ4n) is 1.61. The van der Waals surface area contributed by atoms with Crippen molar-refractivity contribution in [2.24, 2.45) is 5.73 Å². The van der Waals surface area contributed by atoms with E-state index >= 15 is 0 Å².